The van der Waals surface area contributed by atoms with Gasteiger partial charge < -0.3 is 4.74 Å². The van der Waals surface area contributed by atoms with Crippen LogP contribution in [0.3, 0.4) is 0 Å². The molecular formula is C13H13NO3S. The summed E-state index contributed by atoms with van der Waals surface area (Å²) in [5, 5.41) is 0. The summed E-state index contributed by atoms with van der Waals surface area (Å²) in [5.41, 5.74) is 0.478. The Balaban J connectivity index is 2.18. The number of ether oxygens (including phenoxy) is 1. The van der Waals surface area contributed by atoms with E-state index in [0.717, 1.165) is 6.26 Å². The van der Waals surface area contributed by atoms with Gasteiger partial charge in [-0.3, -0.25) is 4.72 Å². The van der Waals surface area contributed by atoms with Crippen molar-refractivity contribution >= 4 is 15.7 Å². The van der Waals surface area contributed by atoms with E-state index >= 15 is 0 Å². The van der Waals surface area contributed by atoms with Gasteiger partial charge in [0.05, 0.1) is 11.9 Å². The van der Waals surface area contributed by atoms with Gasteiger partial charge in [0.2, 0.25) is 10.0 Å². The molecule has 2 aromatic rings. The number of sulfonamides is 1. The van der Waals surface area contributed by atoms with E-state index in [1.54, 1.807) is 24.3 Å². The third kappa shape index (κ3) is 3.78. The van der Waals surface area contributed by atoms with Gasteiger partial charge in [0.25, 0.3) is 0 Å². The predicted molar refractivity (Wildman–Crippen MR) is 71.4 cm³/mol. The number of para-hydroxylation sites is 1. The number of benzene rings is 2. The molecule has 0 fully saturated rings. The molecule has 0 saturated carbocycles. The van der Waals surface area contributed by atoms with Crippen molar-refractivity contribution in [3.05, 3.63) is 54.6 Å². The molecule has 0 aliphatic rings. The van der Waals surface area contributed by atoms with Gasteiger partial charge in [-0.15, -0.1) is 0 Å². The van der Waals surface area contributed by atoms with Gasteiger partial charge >= 0.3 is 0 Å². The molecule has 0 spiro atoms. The first kappa shape index (κ1) is 12.4. The molecule has 2 aromatic carbocycles. The van der Waals surface area contributed by atoms with Crippen molar-refractivity contribution in [2.24, 2.45) is 0 Å². The molecule has 0 bridgehead atoms. The van der Waals surface area contributed by atoms with Crippen molar-refractivity contribution in [3.8, 4) is 11.5 Å². The Kier molecular flexibility index (Phi) is 3.53. The summed E-state index contributed by atoms with van der Waals surface area (Å²) in [6, 6.07) is 16.1. The number of anilines is 1. The van der Waals surface area contributed by atoms with E-state index in [0.29, 0.717) is 17.2 Å². The lowest BCUT2D eigenvalue weighted by molar-refractivity contribution is 0.483. The van der Waals surface area contributed by atoms with E-state index in [9.17, 15) is 8.42 Å². The molecule has 1 N–H and O–H groups in total. The first-order valence-corrected chi connectivity index (χ1v) is 7.23. The highest BCUT2D eigenvalue weighted by molar-refractivity contribution is 7.92. The number of rotatable bonds is 4. The maximum atomic E-state index is 11.1. The molecule has 18 heavy (non-hydrogen) atoms. The minimum absolute atomic E-state index is 0.478. The minimum Gasteiger partial charge on any atom is -0.457 e. The van der Waals surface area contributed by atoms with Crippen LogP contribution < -0.4 is 9.46 Å². The number of hydrogen-bond acceptors (Lipinski definition) is 3. The van der Waals surface area contributed by atoms with Gasteiger partial charge in [0, 0.05) is 6.07 Å². The van der Waals surface area contributed by atoms with Crippen molar-refractivity contribution < 1.29 is 13.2 Å². The summed E-state index contributed by atoms with van der Waals surface area (Å²) < 4.78 is 30.2. The molecule has 0 aliphatic heterocycles. The molecule has 0 aromatic heterocycles. The predicted octanol–water partition coefficient (Wildman–Crippen LogP) is 2.85. The highest BCUT2D eigenvalue weighted by Gasteiger charge is 2.03. The van der Waals surface area contributed by atoms with Gasteiger partial charge in [-0.1, -0.05) is 24.3 Å². The van der Waals surface area contributed by atoms with E-state index in [2.05, 4.69) is 4.72 Å². The Morgan fingerprint density at radius 3 is 2.28 bits per heavy atom. The Morgan fingerprint density at radius 2 is 1.61 bits per heavy atom. The lowest BCUT2D eigenvalue weighted by Crippen LogP contribution is -2.09. The fourth-order valence-electron chi connectivity index (χ4n) is 1.46. The molecule has 0 aliphatic carbocycles. The van der Waals surface area contributed by atoms with Gasteiger partial charge in [-0.25, -0.2) is 8.42 Å². The van der Waals surface area contributed by atoms with E-state index in [-0.39, 0.29) is 0 Å². The summed E-state index contributed by atoms with van der Waals surface area (Å²) in [6.45, 7) is 0. The number of nitrogens with one attached hydrogen (secondary N) is 1. The van der Waals surface area contributed by atoms with E-state index < -0.39 is 10.0 Å². The second kappa shape index (κ2) is 5.10. The summed E-state index contributed by atoms with van der Waals surface area (Å²) in [4.78, 5) is 0. The van der Waals surface area contributed by atoms with Crippen LogP contribution in [-0.4, -0.2) is 14.7 Å². The van der Waals surface area contributed by atoms with Crippen molar-refractivity contribution in [2.45, 2.75) is 0 Å². The van der Waals surface area contributed by atoms with Crippen LogP contribution in [0.25, 0.3) is 0 Å². The SMILES string of the molecule is CS(=O)(=O)Nc1cccc(Oc2ccccc2)c1. The molecule has 0 radical (unpaired) electrons. The molecule has 0 atom stereocenters. The van der Waals surface area contributed by atoms with Gasteiger partial charge in [-0.2, -0.15) is 0 Å². The highest BCUT2D eigenvalue weighted by Crippen LogP contribution is 2.24. The first-order chi connectivity index (χ1) is 8.53. The average Bonchev–Trinajstić information content (AvgIpc) is 2.28. The summed E-state index contributed by atoms with van der Waals surface area (Å²) in [7, 11) is -3.27. The Hall–Kier alpha value is -2.01. The molecule has 4 nitrogen and oxygen atoms in total. The fourth-order valence-corrected chi connectivity index (χ4v) is 2.02. The number of hydrogen-bond donors (Lipinski definition) is 1. The van der Waals surface area contributed by atoms with Crippen molar-refractivity contribution in [3.63, 3.8) is 0 Å². The molecule has 0 saturated heterocycles. The smallest absolute Gasteiger partial charge is 0.229 e. The second-order valence-electron chi connectivity index (χ2n) is 3.82. The minimum atomic E-state index is -3.27. The normalized spacial score (nSPS) is 10.9. The zero-order valence-corrected chi connectivity index (χ0v) is 10.6. The lowest BCUT2D eigenvalue weighted by Gasteiger charge is -2.08. The molecule has 94 valence electrons. The summed E-state index contributed by atoms with van der Waals surface area (Å²) >= 11 is 0. The van der Waals surface area contributed by atoms with Crippen LogP contribution in [0, 0.1) is 0 Å². The lowest BCUT2D eigenvalue weighted by atomic mass is 10.3. The molecule has 5 heteroatoms. The van der Waals surface area contributed by atoms with E-state index in [1.165, 1.54) is 0 Å². The summed E-state index contributed by atoms with van der Waals surface area (Å²) in [6.07, 6.45) is 1.11. The molecule has 0 heterocycles. The van der Waals surface area contributed by atoms with Crippen LogP contribution in [0.2, 0.25) is 0 Å². The van der Waals surface area contributed by atoms with E-state index in [1.807, 2.05) is 30.3 Å². The van der Waals surface area contributed by atoms with Gasteiger partial charge in [0.15, 0.2) is 0 Å². The molecular weight excluding hydrogens is 250 g/mol. The highest BCUT2D eigenvalue weighted by atomic mass is 32.2. The van der Waals surface area contributed by atoms with Crippen molar-refractivity contribution in [1.29, 1.82) is 0 Å². The van der Waals surface area contributed by atoms with E-state index in [4.69, 9.17) is 4.74 Å². The topological polar surface area (TPSA) is 55.4 Å². The largest absolute Gasteiger partial charge is 0.457 e. The fraction of sp³-hybridized carbons (Fsp3) is 0.0769. The second-order valence-corrected chi connectivity index (χ2v) is 5.57. The molecule has 0 amide bonds. The Bertz CT molecular complexity index is 624. The average molecular weight is 263 g/mol. The first-order valence-electron chi connectivity index (χ1n) is 5.34. The van der Waals surface area contributed by atoms with Crippen molar-refractivity contribution in [1.82, 2.24) is 0 Å². The summed E-state index contributed by atoms with van der Waals surface area (Å²) in [5.74, 6) is 1.28. The maximum absolute atomic E-state index is 11.1. The van der Waals surface area contributed by atoms with Crippen LogP contribution >= 0.6 is 0 Å². The third-order valence-electron chi connectivity index (χ3n) is 2.12. The standard InChI is InChI=1S/C13H13NO3S/c1-18(15,16)14-11-6-5-9-13(10-11)17-12-7-3-2-4-8-12/h2-10,14H,1H3. The van der Waals surface area contributed by atoms with Gasteiger partial charge in [-0.05, 0) is 24.3 Å². The van der Waals surface area contributed by atoms with Crippen molar-refractivity contribution in [2.75, 3.05) is 11.0 Å². The van der Waals surface area contributed by atoms with Crippen LogP contribution in [0.1, 0.15) is 0 Å². The zero-order valence-electron chi connectivity index (χ0n) is 9.83. The Labute approximate surface area is 106 Å². The van der Waals surface area contributed by atoms with Crippen LogP contribution in [0.4, 0.5) is 5.69 Å². The Morgan fingerprint density at radius 1 is 0.944 bits per heavy atom. The van der Waals surface area contributed by atoms with Crippen LogP contribution in [-0.2, 0) is 10.0 Å². The monoisotopic (exact) mass is 263 g/mol. The molecule has 0 unspecified atom stereocenters. The third-order valence-corrected chi connectivity index (χ3v) is 2.72. The van der Waals surface area contributed by atoms with Gasteiger partial charge in [0.1, 0.15) is 11.5 Å². The quantitative estimate of drug-likeness (QED) is 0.922. The van der Waals surface area contributed by atoms with Crippen LogP contribution in [0.5, 0.6) is 11.5 Å². The molecule has 2 rings (SSSR count). The maximum Gasteiger partial charge on any atom is 0.229 e. The van der Waals surface area contributed by atoms with Crippen LogP contribution in [0.15, 0.2) is 54.6 Å². The zero-order chi connectivity index (χ0) is 13.0.